The van der Waals surface area contributed by atoms with Gasteiger partial charge in [-0.3, -0.25) is 14.6 Å². The van der Waals surface area contributed by atoms with Gasteiger partial charge >= 0.3 is 5.97 Å². The Morgan fingerprint density at radius 2 is 2.04 bits per heavy atom. The van der Waals surface area contributed by atoms with E-state index in [1.807, 2.05) is 0 Å². The van der Waals surface area contributed by atoms with Gasteiger partial charge in [-0.2, -0.15) is 0 Å². The lowest BCUT2D eigenvalue weighted by molar-refractivity contribution is -0.135. The number of methoxy groups -OCH3 is 2. The van der Waals surface area contributed by atoms with Crippen molar-refractivity contribution >= 4 is 30.6 Å². The van der Waals surface area contributed by atoms with Gasteiger partial charge in [0.2, 0.25) is 0 Å². The number of carbonyl (C=O) groups is 1. The number of benzene rings is 1. The standard InChI is InChI=1S/C16H19N3O5S.ClH/c1-23-10-3-4-11(13(7-10)24-2)12-8-14(20)18-16(25)19(12)6-5-17-9-15(21)22;/h3-4,7-8,17H,5-6,9H2,1-2H3,(H,21,22)(H,18,20,25);1H. The topological polar surface area (TPSA) is 106 Å². The van der Waals surface area contributed by atoms with Crippen LogP contribution in [0.25, 0.3) is 11.3 Å². The van der Waals surface area contributed by atoms with Gasteiger partial charge in [-0.05, 0) is 24.4 Å². The second-order valence-electron chi connectivity index (χ2n) is 5.11. The monoisotopic (exact) mass is 401 g/mol. The lowest BCUT2D eigenvalue weighted by Gasteiger charge is -2.16. The Bertz CT molecular complexity index is 881. The maximum Gasteiger partial charge on any atom is 0.317 e. The molecule has 0 aliphatic heterocycles. The van der Waals surface area contributed by atoms with Crippen LogP contribution in [-0.4, -0.2) is 47.9 Å². The number of rotatable bonds is 8. The van der Waals surface area contributed by atoms with Crippen molar-refractivity contribution in [3.8, 4) is 22.8 Å². The van der Waals surface area contributed by atoms with Gasteiger partial charge in [0.05, 0.1) is 26.5 Å². The molecule has 3 N–H and O–H groups in total. The number of hydrogen-bond donors (Lipinski definition) is 3. The van der Waals surface area contributed by atoms with Crippen LogP contribution >= 0.6 is 24.6 Å². The van der Waals surface area contributed by atoms with Crippen molar-refractivity contribution in [2.24, 2.45) is 0 Å². The maximum absolute atomic E-state index is 11.9. The number of carboxylic acids is 1. The quantitative estimate of drug-likeness (QED) is 0.456. The zero-order valence-corrected chi connectivity index (χ0v) is 15.9. The van der Waals surface area contributed by atoms with Gasteiger partial charge < -0.3 is 24.5 Å². The van der Waals surface area contributed by atoms with Crippen LogP contribution in [0.2, 0.25) is 0 Å². The Morgan fingerprint density at radius 3 is 2.65 bits per heavy atom. The summed E-state index contributed by atoms with van der Waals surface area (Å²) in [4.78, 5) is 25.0. The molecule has 2 aromatic rings. The number of ether oxygens (including phenoxy) is 2. The average molecular weight is 402 g/mol. The van der Waals surface area contributed by atoms with Crippen molar-refractivity contribution < 1.29 is 19.4 Å². The Balaban J connectivity index is 0.00000338. The number of nitrogens with one attached hydrogen (secondary N) is 2. The van der Waals surface area contributed by atoms with Gasteiger partial charge in [0.1, 0.15) is 11.5 Å². The highest BCUT2D eigenvalue weighted by molar-refractivity contribution is 7.71. The number of aromatic nitrogens is 2. The van der Waals surface area contributed by atoms with Gasteiger partial charge in [-0.15, -0.1) is 12.4 Å². The van der Waals surface area contributed by atoms with E-state index in [1.54, 1.807) is 29.9 Å². The highest BCUT2D eigenvalue weighted by atomic mass is 35.5. The molecule has 1 aromatic heterocycles. The summed E-state index contributed by atoms with van der Waals surface area (Å²) in [6.07, 6.45) is 0. The fraction of sp³-hybridized carbons (Fsp3) is 0.312. The summed E-state index contributed by atoms with van der Waals surface area (Å²) in [7, 11) is 3.08. The molecule has 0 spiro atoms. The summed E-state index contributed by atoms with van der Waals surface area (Å²) in [5.41, 5.74) is 0.928. The summed E-state index contributed by atoms with van der Waals surface area (Å²) in [5, 5.41) is 11.5. The molecule has 0 atom stereocenters. The largest absolute Gasteiger partial charge is 0.497 e. The molecule has 1 aromatic carbocycles. The molecular weight excluding hydrogens is 382 g/mol. The number of aliphatic carboxylic acids is 1. The summed E-state index contributed by atoms with van der Waals surface area (Å²) >= 11 is 5.25. The Hall–Kier alpha value is -2.36. The molecule has 0 unspecified atom stereocenters. The molecule has 0 bridgehead atoms. The van der Waals surface area contributed by atoms with E-state index in [4.69, 9.17) is 26.8 Å². The third kappa shape index (κ3) is 5.32. The van der Waals surface area contributed by atoms with Crippen LogP contribution in [0.15, 0.2) is 29.1 Å². The lowest BCUT2D eigenvalue weighted by atomic mass is 10.1. The third-order valence-electron chi connectivity index (χ3n) is 3.51. The minimum absolute atomic E-state index is 0. The summed E-state index contributed by atoms with van der Waals surface area (Å²) in [6, 6.07) is 6.68. The number of halogens is 1. The fourth-order valence-electron chi connectivity index (χ4n) is 2.36. The molecule has 0 radical (unpaired) electrons. The number of aromatic amines is 1. The number of hydrogen-bond acceptors (Lipinski definition) is 6. The van der Waals surface area contributed by atoms with Gasteiger partial charge in [-0.1, -0.05) is 0 Å². The number of carboxylic acid groups (broad SMARTS) is 1. The van der Waals surface area contributed by atoms with E-state index in [9.17, 15) is 9.59 Å². The molecule has 10 heteroatoms. The number of H-pyrrole nitrogens is 1. The van der Waals surface area contributed by atoms with Crippen LogP contribution in [0.4, 0.5) is 0 Å². The van der Waals surface area contributed by atoms with Crippen molar-refractivity contribution in [2.45, 2.75) is 6.54 Å². The van der Waals surface area contributed by atoms with E-state index in [2.05, 4.69) is 10.3 Å². The smallest absolute Gasteiger partial charge is 0.317 e. The van der Waals surface area contributed by atoms with Crippen molar-refractivity contribution in [3.63, 3.8) is 0 Å². The van der Waals surface area contributed by atoms with Crippen LogP contribution in [0.1, 0.15) is 0 Å². The minimum atomic E-state index is -0.942. The first-order valence-electron chi connectivity index (χ1n) is 7.45. The molecule has 0 saturated heterocycles. The second kappa shape index (κ2) is 9.95. The molecule has 2 rings (SSSR count). The van der Waals surface area contributed by atoms with Crippen LogP contribution in [0, 0.1) is 4.77 Å². The summed E-state index contributed by atoms with van der Waals surface area (Å²) in [6.45, 7) is 0.601. The molecule has 1 heterocycles. The zero-order chi connectivity index (χ0) is 18.4. The lowest BCUT2D eigenvalue weighted by Crippen LogP contribution is -2.27. The van der Waals surface area contributed by atoms with Crippen LogP contribution in [0.3, 0.4) is 0 Å². The second-order valence-corrected chi connectivity index (χ2v) is 5.50. The molecular formula is C16H20ClN3O5S. The molecule has 0 fully saturated rings. The summed E-state index contributed by atoms with van der Waals surface area (Å²) < 4.78 is 12.6. The molecule has 26 heavy (non-hydrogen) atoms. The van der Waals surface area contributed by atoms with Crippen LogP contribution in [-0.2, 0) is 11.3 Å². The van der Waals surface area contributed by atoms with Crippen molar-refractivity contribution in [1.82, 2.24) is 14.9 Å². The van der Waals surface area contributed by atoms with E-state index < -0.39 is 5.97 Å². The zero-order valence-electron chi connectivity index (χ0n) is 14.3. The SMILES string of the molecule is COc1ccc(-c2cc(=O)[nH]c(=S)n2CCNCC(=O)O)c(OC)c1.Cl. The van der Waals surface area contributed by atoms with Gasteiger partial charge in [-0.25, -0.2) is 0 Å². The molecule has 8 nitrogen and oxygen atoms in total. The van der Waals surface area contributed by atoms with Gasteiger partial charge in [0, 0.05) is 30.8 Å². The maximum atomic E-state index is 11.9. The molecule has 142 valence electrons. The van der Waals surface area contributed by atoms with Crippen molar-refractivity contribution in [1.29, 1.82) is 0 Å². The molecule has 0 aliphatic carbocycles. The highest BCUT2D eigenvalue weighted by Gasteiger charge is 2.13. The predicted molar refractivity (Wildman–Crippen MR) is 102 cm³/mol. The van der Waals surface area contributed by atoms with Gasteiger partial charge in [0.15, 0.2) is 4.77 Å². The van der Waals surface area contributed by atoms with E-state index in [0.29, 0.717) is 35.8 Å². The molecule has 0 saturated carbocycles. The number of nitrogens with zero attached hydrogens (tertiary/aromatic N) is 1. The normalized spacial score (nSPS) is 10.1. The third-order valence-corrected chi connectivity index (χ3v) is 3.83. The van der Waals surface area contributed by atoms with Gasteiger partial charge in [0.25, 0.3) is 5.56 Å². The molecule has 0 amide bonds. The Morgan fingerprint density at radius 1 is 1.31 bits per heavy atom. The average Bonchev–Trinajstić information content (AvgIpc) is 2.58. The molecule has 0 aliphatic rings. The first-order chi connectivity index (χ1) is 12.0. The summed E-state index contributed by atoms with van der Waals surface area (Å²) in [5.74, 6) is 0.215. The van der Waals surface area contributed by atoms with Crippen LogP contribution < -0.4 is 20.3 Å². The first kappa shape index (κ1) is 21.7. The van der Waals surface area contributed by atoms with E-state index in [-0.39, 0.29) is 29.3 Å². The minimum Gasteiger partial charge on any atom is -0.497 e. The van der Waals surface area contributed by atoms with Crippen LogP contribution in [0.5, 0.6) is 11.5 Å². The first-order valence-corrected chi connectivity index (χ1v) is 7.86. The Kier molecular flexibility index (Phi) is 8.30. The predicted octanol–water partition coefficient (Wildman–Crippen LogP) is 1.69. The Labute approximate surface area is 161 Å². The highest BCUT2D eigenvalue weighted by Crippen LogP contribution is 2.32. The van der Waals surface area contributed by atoms with Crippen molar-refractivity contribution in [3.05, 3.63) is 39.4 Å². The van der Waals surface area contributed by atoms with E-state index in [1.165, 1.54) is 13.2 Å². The van der Waals surface area contributed by atoms with E-state index >= 15 is 0 Å². The van der Waals surface area contributed by atoms with Crippen molar-refractivity contribution in [2.75, 3.05) is 27.3 Å². The van der Waals surface area contributed by atoms with E-state index in [0.717, 1.165) is 0 Å². The fourth-order valence-corrected chi connectivity index (χ4v) is 2.65.